The number of nitrogens with zero attached hydrogens (tertiary/aromatic N) is 2. The van der Waals surface area contributed by atoms with Crippen molar-refractivity contribution in [2.75, 3.05) is 7.11 Å². The molecule has 1 N–H and O–H groups in total. The largest absolute Gasteiger partial charge is 0.493 e. The molecule has 186 valence electrons. The van der Waals surface area contributed by atoms with Crippen molar-refractivity contribution in [1.82, 2.24) is 5.43 Å². The van der Waals surface area contributed by atoms with Gasteiger partial charge in [0.2, 0.25) is 0 Å². The van der Waals surface area contributed by atoms with Crippen molar-refractivity contribution in [3.8, 4) is 17.2 Å². The lowest BCUT2D eigenvalue weighted by molar-refractivity contribution is -0.384. The standard InChI is InChI=1S/C24H19Cl2N3O7/c1-14(35-18-7-5-17(6-8-18)29(32)33)23(30)28-27-13-15-3-10-21(22(11-15)34-2)36-24(31)16-4-9-19(25)20(26)12-16/h3-14H,1-2H3,(H,28,30). The Kier molecular flexibility index (Phi) is 8.82. The number of hydrogen-bond donors (Lipinski definition) is 1. The molecule has 12 heteroatoms. The molecule has 0 saturated heterocycles. The minimum Gasteiger partial charge on any atom is -0.493 e. The molecule has 0 heterocycles. The zero-order valence-electron chi connectivity index (χ0n) is 18.9. The third kappa shape index (κ3) is 6.94. The van der Waals surface area contributed by atoms with Crippen LogP contribution in [0.15, 0.2) is 65.8 Å². The van der Waals surface area contributed by atoms with Crippen molar-refractivity contribution in [2.24, 2.45) is 5.10 Å². The first-order valence-corrected chi connectivity index (χ1v) is 11.0. The lowest BCUT2D eigenvalue weighted by Crippen LogP contribution is -2.33. The van der Waals surface area contributed by atoms with Gasteiger partial charge in [0.05, 0.1) is 33.9 Å². The number of methoxy groups -OCH3 is 1. The number of nitrogens with one attached hydrogen (secondary N) is 1. The van der Waals surface area contributed by atoms with Gasteiger partial charge in [0.25, 0.3) is 11.6 Å². The van der Waals surface area contributed by atoms with Crippen LogP contribution in [0.3, 0.4) is 0 Å². The Morgan fingerprint density at radius 1 is 1.03 bits per heavy atom. The highest BCUT2D eigenvalue weighted by molar-refractivity contribution is 6.42. The Bertz CT molecular complexity index is 1310. The molecule has 0 aromatic heterocycles. The number of non-ortho nitro benzene ring substituents is 1. The van der Waals surface area contributed by atoms with Crippen molar-refractivity contribution >= 4 is 47.0 Å². The minimum absolute atomic E-state index is 0.0883. The monoisotopic (exact) mass is 531 g/mol. The van der Waals surface area contributed by atoms with E-state index in [0.717, 1.165) is 0 Å². The van der Waals surface area contributed by atoms with Gasteiger partial charge in [-0.25, -0.2) is 10.2 Å². The number of nitro benzene ring substituents is 1. The Morgan fingerprint density at radius 2 is 1.75 bits per heavy atom. The van der Waals surface area contributed by atoms with Crippen LogP contribution in [0.5, 0.6) is 17.2 Å². The van der Waals surface area contributed by atoms with Crippen LogP contribution in [0, 0.1) is 10.1 Å². The molecule has 0 aliphatic carbocycles. The second-order valence-electron chi connectivity index (χ2n) is 7.17. The Morgan fingerprint density at radius 3 is 2.39 bits per heavy atom. The van der Waals surface area contributed by atoms with Gasteiger partial charge in [0.15, 0.2) is 17.6 Å². The van der Waals surface area contributed by atoms with E-state index in [1.165, 1.54) is 68.8 Å². The molecular formula is C24H19Cl2N3O7. The fourth-order valence-corrected chi connectivity index (χ4v) is 3.09. The molecule has 3 aromatic rings. The lowest BCUT2D eigenvalue weighted by Gasteiger charge is -2.12. The number of carbonyl (C=O) groups excluding carboxylic acids is 2. The summed E-state index contributed by atoms with van der Waals surface area (Å²) in [5, 5.41) is 15.1. The van der Waals surface area contributed by atoms with E-state index in [1.807, 2.05) is 0 Å². The number of hydrazone groups is 1. The SMILES string of the molecule is COc1cc(C=NNC(=O)C(C)Oc2ccc([N+](=O)[O-])cc2)ccc1OC(=O)c1ccc(Cl)c(Cl)c1. The summed E-state index contributed by atoms with van der Waals surface area (Å²) in [6.07, 6.45) is 0.449. The average molecular weight is 532 g/mol. The van der Waals surface area contributed by atoms with Gasteiger partial charge in [-0.2, -0.15) is 5.10 Å². The summed E-state index contributed by atoms with van der Waals surface area (Å²) in [6.45, 7) is 1.51. The van der Waals surface area contributed by atoms with Gasteiger partial charge in [-0.3, -0.25) is 14.9 Å². The molecule has 0 aliphatic heterocycles. The predicted octanol–water partition coefficient (Wildman–Crippen LogP) is 5.05. The number of amides is 1. The summed E-state index contributed by atoms with van der Waals surface area (Å²) in [7, 11) is 1.41. The van der Waals surface area contributed by atoms with E-state index in [-0.39, 0.29) is 27.8 Å². The number of nitro groups is 1. The molecule has 0 bridgehead atoms. The fourth-order valence-electron chi connectivity index (χ4n) is 2.80. The Hall–Kier alpha value is -4.15. The van der Waals surface area contributed by atoms with Gasteiger partial charge in [-0.1, -0.05) is 23.2 Å². The molecule has 0 spiro atoms. The van der Waals surface area contributed by atoms with Crippen molar-refractivity contribution in [3.05, 3.63) is 92.0 Å². The van der Waals surface area contributed by atoms with E-state index >= 15 is 0 Å². The van der Waals surface area contributed by atoms with Crippen LogP contribution in [-0.4, -0.2) is 36.2 Å². The van der Waals surface area contributed by atoms with E-state index in [0.29, 0.717) is 16.3 Å². The maximum absolute atomic E-state index is 12.4. The molecule has 1 atom stereocenters. The number of ether oxygens (including phenoxy) is 3. The molecule has 1 unspecified atom stereocenters. The van der Waals surface area contributed by atoms with Crippen LogP contribution >= 0.6 is 23.2 Å². The second kappa shape index (κ2) is 12.0. The van der Waals surface area contributed by atoms with Crippen molar-refractivity contribution < 1.29 is 28.7 Å². The van der Waals surface area contributed by atoms with Crippen molar-refractivity contribution in [2.45, 2.75) is 13.0 Å². The molecular weight excluding hydrogens is 513 g/mol. The maximum atomic E-state index is 12.4. The van der Waals surface area contributed by atoms with Crippen molar-refractivity contribution in [3.63, 3.8) is 0 Å². The van der Waals surface area contributed by atoms with Gasteiger partial charge in [-0.15, -0.1) is 0 Å². The van der Waals surface area contributed by atoms with E-state index in [2.05, 4.69) is 10.5 Å². The van der Waals surface area contributed by atoms with Crippen LogP contribution in [0.25, 0.3) is 0 Å². The number of carbonyl (C=O) groups is 2. The quantitative estimate of drug-likeness (QED) is 0.134. The van der Waals surface area contributed by atoms with E-state index in [1.54, 1.807) is 12.1 Å². The third-order valence-electron chi connectivity index (χ3n) is 4.66. The summed E-state index contributed by atoms with van der Waals surface area (Å²) in [5.74, 6) is -0.470. The number of rotatable bonds is 9. The van der Waals surface area contributed by atoms with Gasteiger partial charge >= 0.3 is 5.97 Å². The predicted molar refractivity (Wildman–Crippen MR) is 133 cm³/mol. The molecule has 0 fully saturated rings. The average Bonchev–Trinajstić information content (AvgIpc) is 2.86. The fraction of sp³-hybridized carbons (Fsp3) is 0.125. The topological polar surface area (TPSA) is 129 Å². The Balaban J connectivity index is 1.59. The van der Waals surface area contributed by atoms with Gasteiger partial charge in [-0.05, 0) is 61.0 Å². The molecule has 3 aromatic carbocycles. The lowest BCUT2D eigenvalue weighted by atomic mass is 10.2. The molecule has 3 rings (SSSR count). The molecule has 0 aliphatic rings. The van der Waals surface area contributed by atoms with E-state index in [9.17, 15) is 19.7 Å². The third-order valence-corrected chi connectivity index (χ3v) is 5.40. The summed E-state index contributed by atoms with van der Waals surface area (Å²) in [4.78, 5) is 34.8. The van der Waals surface area contributed by atoms with E-state index in [4.69, 9.17) is 37.4 Å². The first-order valence-electron chi connectivity index (χ1n) is 10.3. The first-order chi connectivity index (χ1) is 17.2. The summed E-state index contributed by atoms with van der Waals surface area (Å²) in [5.41, 5.74) is 3.02. The van der Waals surface area contributed by atoms with Crippen LogP contribution in [0.4, 0.5) is 5.69 Å². The first kappa shape index (κ1) is 26.5. The van der Waals surface area contributed by atoms with Gasteiger partial charge < -0.3 is 14.2 Å². The zero-order valence-corrected chi connectivity index (χ0v) is 20.4. The highest BCUT2D eigenvalue weighted by Crippen LogP contribution is 2.29. The van der Waals surface area contributed by atoms with Crippen LogP contribution in [-0.2, 0) is 4.79 Å². The highest BCUT2D eigenvalue weighted by Gasteiger charge is 2.16. The summed E-state index contributed by atoms with van der Waals surface area (Å²) < 4.78 is 16.1. The smallest absolute Gasteiger partial charge is 0.343 e. The second-order valence-corrected chi connectivity index (χ2v) is 7.99. The number of esters is 1. The maximum Gasteiger partial charge on any atom is 0.343 e. The summed E-state index contributed by atoms with van der Waals surface area (Å²) >= 11 is 11.8. The number of benzene rings is 3. The number of halogens is 2. The van der Waals surface area contributed by atoms with Gasteiger partial charge in [0.1, 0.15) is 5.75 Å². The molecule has 0 saturated carbocycles. The van der Waals surface area contributed by atoms with Crippen LogP contribution < -0.4 is 19.6 Å². The highest BCUT2D eigenvalue weighted by atomic mass is 35.5. The zero-order chi connectivity index (χ0) is 26.2. The van der Waals surface area contributed by atoms with E-state index < -0.39 is 22.9 Å². The van der Waals surface area contributed by atoms with Crippen LogP contribution in [0.2, 0.25) is 10.0 Å². The van der Waals surface area contributed by atoms with Crippen molar-refractivity contribution in [1.29, 1.82) is 0 Å². The minimum atomic E-state index is -0.915. The molecule has 0 radical (unpaired) electrons. The van der Waals surface area contributed by atoms with Gasteiger partial charge in [0, 0.05) is 12.1 Å². The molecule has 1 amide bonds. The molecule has 36 heavy (non-hydrogen) atoms. The molecule has 10 nitrogen and oxygen atoms in total. The van der Waals surface area contributed by atoms with Crippen LogP contribution in [0.1, 0.15) is 22.8 Å². The normalized spacial score (nSPS) is 11.6. The summed E-state index contributed by atoms with van der Waals surface area (Å²) in [6, 6.07) is 14.4. The number of hydrogen-bond acceptors (Lipinski definition) is 8. The Labute approximate surface area is 215 Å².